The van der Waals surface area contributed by atoms with Crippen LogP contribution in [0.1, 0.15) is 35.3 Å². The van der Waals surface area contributed by atoms with E-state index in [1.54, 1.807) is 0 Å². The number of carbonyl (C=O) groups excluding carboxylic acids is 1. The topological polar surface area (TPSA) is 29.5 Å². The molecule has 4 heteroatoms. The number of carbonyl (C=O) groups is 1. The first kappa shape index (κ1) is 19.8. The highest BCUT2D eigenvalue weighted by Crippen LogP contribution is 2.53. The summed E-state index contributed by atoms with van der Waals surface area (Å²) >= 11 is 3.55. The molecule has 0 unspecified atom stereocenters. The van der Waals surface area contributed by atoms with E-state index < -0.39 is 0 Å². The van der Waals surface area contributed by atoms with E-state index in [1.165, 1.54) is 23.9 Å². The normalized spacial score (nSPS) is 14.1. The number of ether oxygens (including phenoxy) is 1. The van der Waals surface area contributed by atoms with Crippen LogP contribution in [0.2, 0.25) is 0 Å². The molecule has 0 N–H and O–H groups in total. The summed E-state index contributed by atoms with van der Waals surface area (Å²) in [4.78, 5) is 14.4. The number of nitrogens with zero attached hydrogens (tertiary/aromatic N) is 1. The molecule has 0 atom stereocenters. The van der Waals surface area contributed by atoms with E-state index in [0.29, 0.717) is 5.56 Å². The number of hydrogen-bond acceptors (Lipinski definition) is 3. The van der Waals surface area contributed by atoms with Gasteiger partial charge in [0.1, 0.15) is 0 Å². The molecule has 0 amide bonds. The van der Waals surface area contributed by atoms with Gasteiger partial charge in [-0.15, -0.1) is 0 Å². The van der Waals surface area contributed by atoms with Crippen molar-refractivity contribution >= 4 is 49.7 Å². The Kier molecular flexibility index (Phi) is 4.63. The van der Waals surface area contributed by atoms with Gasteiger partial charge in [-0.3, -0.25) is 0 Å². The van der Waals surface area contributed by atoms with Gasteiger partial charge in [0.2, 0.25) is 0 Å². The molecule has 0 aromatic heterocycles. The lowest BCUT2D eigenvalue weighted by Crippen LogP contribution is -2.30. The third-order valence-electron chi connectivity index (χ3n) is 6.19. The van der Waals surface area contributed by atoms with Crippen LogP contribution >= 0.6 is 15.9 Å². The van der Waals surface area contributed by atoms with Gasteiger partial charge < -0.3 is 9.64 Å². The zero-order valence-electron chi connectivity index (χ0n) is 17.6. The van der Waals surface area contributed by atoms with Crippen molar-refractivity contribution in [2.75, 3.05) is 12.0 Å². The lowest BCUT2D eigenvalue weighted by Gasteiger charge is -2.42. The fourth-order valence-electron chi connectivity index (χ4n) is 4.74. The molecular weight excluding hydrogens is 450 g/mol. The number of rotatable bonds is 2. The van der Waals surface area contributed by atoms with Gasteiger partial charge in [0.05, 0.1) is 24.0 Å². The third kappa shape index (κ3) is 3.05. The number of fused-ring (bicyclic) bond motifs is 4. The molecule has 3 nitrogen and oxygen atoms in total. The fourth-order valence-corrected chi connectivity index (χ4v) is 5.00. The molecule has 1 aliphatic heterocycles. The van der Waals surface area contributed by atoms with Crippen LogP contribution in [0, 0.1) is 0 Å². The molecule has 4 aromatic carbocycles. The number of benzene rings is 4. The second-order valence-corrected chi connectivity index (χ2v) is 9.26. The van der Waals surface area contributed by atoms with Gasteiger partial charge in [-0.2, -0.15) is 0 Å². The number of para-hydroxylation sites is 1. The molecule has 0 aliphatic carbocycles. The first-order valence-electron chi connectivity index (χ1n) is 10.2. The van der Waals surface area contributed by atoms with Crippen LogP contribution in [0.5, 0.6) is 0 Å². The van der Waals surface area contributed by atoms with Gasteiger partial charge in [-0.05, 0) is 70.4 Å². The van der Waals surface area contributed by atoms with Gasteiger partial charge >= 0.3 is 5.97 Å². The summed E-state index contributed by atoms with van der Waals surface area (Å²) in [5.74, 6) is -0.319. The molecule has 0 radical (unpaired) electrons. The summed E-state index contributed by atoms with van der Waals surface area (Å²) in [6.45, 7) is 4.55. The van der Waals surface area contributed by atoms with Crippen molar-refractivity contribution in [3.8, 4) is 0 Å². The SMILES string of the molecule is COC(=O)c1ccc2c3c(ccc2c1)N(c1ccc(Br)cc1)c1ccccc1C3(C)C. The van der Waals surface area contributed by atoms with Gasteiger partial charge in [0.25, 0.3) is 0 Å². The van der Waals surface area contributed by atoms with E-state index in [4.69, 9.17) is 4.74 Å². The van der Waals surface area contributed by atoms with Crippen LogP contribution in [-0.2, 0) is 10.2 Å². The zero-order valence-corrected chi connectivity index (χ0v) is 19.2. The van der Waals surface area contributed by atoms with Crippen molar-refractivity contribution in [2.45, 2.75) is 19.3 Å². The van der Waals surface area contributed by atoms with Crippen LogP contribution < -0.4 is 4.90 Å². The second-order valence-electron chi connectivity index (χ2n) is 8.34. The monoisotopic (exact) mass is 471 g/mol. The Bertz CT molecular complexity index is 1330. The van der Waals surface area contributed by atoms with Crippen molar-refractivity contribution in [1.82, 2.24) is 0 Å². The van der Waals surface area contributed by atoms with E-state index in [-0.39, 0.29) is 11.4 Å². The Morgan fingerprint density at radius 2 is 1.65 bits per heavy atom. The first-order chi connectivity index (χ1) is 14.9. The molecule has 0 spiro atoms. The van der Waals surface area contributed by atoms with E-state index in [2.05, 4.69) is 101 Å². The first-order valence-corrected chi connectivity index (χ1v) is 11.0. The van der Waals surface area contributed by atoms with Gasteiger partial charge in [-0.1, -0.05) is 60.1 Å². The highest BCUT2D eigenvalue weighted by Gasteiger charge is 2.38. The van der Waals surface area contributed by atoms with E-state index >= 15 is 0 Å². The molecule has 4 aromatic rings. The lowest BCUT2D eigenvalue weighted by atomic mass is 9.71. The average molecular weight is 472 g/mol. The fraction of sp³-hybridized carbons (Fsp3) is 0.148. The van der Waals surface area contributed by atoms with E-state index in [0.717, 1.165) is 26.6 Å². The second kappa shape index (κ2) is 7.24. The predicted octanol–water partition coefficient (Wildman–Crippen LogP) is 7.50. The Morgan fingerprint density at radius 1 is 0.903 bits per heavy atom. The molecule has 0 bridgehead atoms. The smallest absolute Gasteiger partial charge is 0.337 e. The minimum absolute atomic E-state index is 0.204. The maximum atomic E-state index is 12.1. The summed E-state index contributed by atoms with van der Waals surface area (Å²) in [5.41, 5.74) is 6.34. The number of esters is 1. The summed E-state index contributed by atoms with van der Waals surface area (Å²) in [6, 6.07) is 27.1. The average Bonchev–Trinajstić information content (AvgIpc) is 2.79. The molecule has 0 fully saturated rings. The maximum absolute atomic E-state index is 12.1. The van der Waals surface area contributed by atoms with Crippen molar-refractivity contribution < 1.29 is 9.53 Å². The Balaban J connectivity index is 1.82. The van der Waals surface area contributed by atoms with Crippen molar-refractivity contribution in [1.29, 1.82) is 0 Å². The lowest BCUT2D eigenvalue weighted by molar-refractivity contribution is 0.0601. The van der Waals surface area contributed by atoms with Gasteiger partial charge in [-0.25, -0.2) is 4.79 Å². The highest BCUT2D eigenvalue weighted by atomic mass is 79.9. The minimum Gasteiger partial charge on any atom is -0.465 e. The van der Waals surface area contributed by atoms with Gasteiger partial charge in [0.15, 0.2) is 0 Å². The number of halogens is 1. The van der Waals surface area contributed by atoms with Crippen molar-refractivity contribution in [3.63, 3.8) is 0 Å². The highest BCUT2D eigenvalue weighted by molar-refractivity contribution is 9.10. The minimum atomic E-state index is -0.319. The quantitative estimate of drug-likeness (QED) is 0.283. The summed E-state index contributed by atoms with van der Waals surface area (Å²) in [7, 11) is 1.41. The molecule has 1 heterocycles. The summed E-state index contributed by atoms with van der Waals surface area (Å²) in [5, 5.41) is 2.18. The maximum Gasteiger partial charge on any atom is 0.337 e. The Labute approximate surface area is 190 Å². The summed E-state index contributed by atoms with van der Waals surface area (Å²) < 4.78 is 5.97. The van der Waals surface area contributed by atoms with Crippen LogP contribution in [0.15, 0.2) is 83.3 Å². The number of anilines is 3. The van der Waals surface area contributed by atoms with Crippen LogP contribution in [0.25, 0.3) is 10.8 Å². The molecule has 5 rings (SSSR count). The molecule has 0 saturated heterocycles. The number of methoxy groups -OCH3 is 1. The molecule has 154 valence electrons. The van der Waals surface area contributed by atoms with E-state index in [9.17, 15) is 4.79 Å². The Morgan fingerprint density at radius 3 is 2.39 bits per heavy atom. The molecular formula is C27H22BrNO2. The van der Waals surface area contributed by atoms with Gasteiger partial charge in [0, 0.05) is 15.6 Å². The predicted molar refractivity (Wildman–Crippen MR) is 130 cm³/mol. The Hall–Kier alpha value is -3.11. The van der Waals surface area contributed by atoms with Crippen LogP contribution in [-0.4, -0.2) is 13.1 Å². The van der Waals surface area contributed by atoms with Crippen molar-refractivity contribution in [2.24, 2.45) is 0 Å². The van der Waals surface area contributed by atoms with Crippen molar-refractivity contribution in [3.05, 3.63) is 100 Å². The molecule has 1 aliphatic rings. The largest absolute Gasteiger partial charge is 0.465 e. The zero-order chi connectivity index (χ0) is 21.8. The van der Waals surface area contributed by atoms with Crippen LogP contribution in [0.3, 0.4) is 0 Å². The molecule has 31 heavy (non-hydrogen) atoms. The molecule has 0 saturated carbocycles. The standard InChI is InChI=1S/C27H22BrNO2/c1-27(2)22-6-4-5-7-23(22)29(20-12-10-19(28)11-13-20)24-15-9-17-16-18(26(30)31-3)8-14-21(17)25(24)27/h4-16H,1-3H3. The number of hydrogen-bond donors (Lipinski definition) is 0. The third-order valence-corrected chi connectivity index (χ3v) is 6.72. The van der Waals surface area contributed by atoms with E-state index in [1.807, 2.05) is 12.1 Å². The summed E-state index contributed by atoms with van der Waals surface area (Å²) in [6.07, 6.45) is 0. The van der Waals surface area contributed by atoms with Crippen LogP contribution in [0.4, 0.5) is 17.1 Å².